The van der Waals surface area contributed by atoms with Crippen LogP contribution in [-0.4, -0.2) is 30.9 Å². The fourth-order valence-electron chi connectivity index (χ4n) is 3.32. The molecule has 3 amide bonds. The molecule has 7 heteroatoms. The molecule has 0 aliphatic carbocycles. The molecule has 0 spiro atoms. The zero-order valence-corrected chi connectivity index (χ0v) is 21.1. The molecular weight excluding hydrogens is 462 g/mol. The largest absolute Gasteiger partial charge is 0.457 e. The van der Waals surface area contributed by atoms with Crippen molar-refractivity contribution in [1.29, 1.82) is 0 Å². The summed E-state index contributed by atoms with van der Waals surface area (Å²) in [5.41, 5.74) is 1.86. The number of ether oxygens (including phenoxy) is 1. The maximum absolute atomic E-state index is 13.2. The highest BCUT2D eigenvalue weighted by molar-refractivity contribution is 6.19. The third-order valence-corrected chi connectivity index (χ3v) is 6.10. The average molecular weight is 494 g/mol. The van der Waals surface area contributed by atoms with Crippen molar-refractivity contribution in [3.05, 3.63) is 84.4 Å². The molecule has 0 saturated heterocycles. The van der Waals surface area contributed by atoms with Crippen molar-refractivity contribution in [2.45, 2.75) is 27.2 Å². The molecular formula is C28H32ClN3O3. The Labute approximate surface area is 212 Å². The van der Waals surface area contributed by atoms with E-state index in [9.17, 15) is 9.59 Å². The Bertz CT molecular complexity index is 1120. The normalized spacial score (nSPS) is 11.0. The molecule has 2 N–H and O–H groups in total. The first-order chi connectivity index (χ1) is 16.8. The van der Waals surface area contributed by atoms with Gasteiger partial charge in [0.15, 0.2) is 0 Å². The topological polar surface area (TPSA) is 70.7 Å². The molecule has 0 atom stereocenters. The van der Waals surface area contributed by atoms with Crippen LogP contribution >= 0.6 is 11.6 Å². The minimum absolute atomic E-state index is 0.106. The number of hydrogen-bond donors (Lipinski definition) is 2. The quantitative estimate of drug-likeness (QED) is 0.247. The molecule has 0 heterocycles. The van der Waals surface area contributed by atoms with Crippen LogP contribution in [0.3, 0.4) is 0 Å². The first-order valence-electron chi connectivity index (χ1n) is 11.6. The second kappa shape index (κ2) is 12.3. The fraction of sp³-hybridized carbons (Fsp3) is 0.286. The molecule has 184 valence electrons. The highest BCUT2D eigenvalue weighted by atomic mass is 35.5. The fourth-order valence-corrected chi connectivity index (χ4v) is 3.44. The molecule has 0 radical (unpaired) electrons. The Morgan fingerprint density at radius 1 is 0.943 bits per heavy atom. The van der Waals surface area contributed by atoms with Crippen LogP contribution in [0.4, 0.5) is 16.2 Å². The predicted molar refractivity (Wildman–Crippen MR) is 143 cm³/mol. The van der Waals surface area contributed by atoms with E-state index in [1.807, 2.05) is 85.8 Å². The summed E-state index contributed by atoms with van der Waals surface area (Å²) in [5, 5.41) is 5.88. The lowest BCUT2D eigenvalue weighted by molar-refractivity contribution is -0.128. The molecule has 0 aliphatic rings. The first kappa shape index (κ1) is 26.1. The van der Waals surface area contributed by atoms with Crippen LogP contribution in [-0.2, 0) is 4.79 Å². The Morgan fingerprint density at radius 3 is 2.29 bits per heavy atom. The van der Waals surface area contributed by atoms with Crippen LogP contribution in [0, 0.1) is 12.3 Å². The summed E-state index contributed by atoms with van der Waals surface area (Å²) < 4.78 is 5.87. The third-order valence-electron chi connectivity index (χ3n) is 5.43. The lowest BCUT2D eigenvalue weighted by Gasteiger charge is -2.25. The first-order valence-corrected chi connectivity index (χ1v) is 12.1. The standard InChI is InChI=1S/C28H32ClN3O3/c1-21-9-7-10-22(19-21)31-27(34)32(18-8-17-30-26(33)28(2,3)20-29)23-13-15-25(16-14-23)35-24-11-5-4-6-12-24/h4-7,9-16,19H,8,17-18,20H2,1-3H3,(H,30,33)(H,31,34). The number of anilines is 2. The number of carbonyl (C=O) groups excluding carboxylic acids is 2. The van der Waals surface area contributed by atoms with Gasteiger partial charge in [-0.2, -0.15) is 0 Å². The molecule has 3 aromatic carbocycles. The highest BCUT2D eigenvalue weighted by Gasteiger charge is 2.26. The van der Waals surface area contributed by atoms with Crippen molar-refractivity contribution < 1.29 is 14.3 Å². The lowest BCUT2D eigenvalue weighted by Crippen LogP contribution is -2.41. The van der Waals surface area contributed by atoms with Gasteiger partial charge in [-0.1, -0.05) is 30.3 Å². The van der Waals surface area contributed by atoms with Crippen LogP contribution in [0.5, 0.6) is 11.5 Å². The summed E-state index contributed by atoms with van der Waals surface area (Å²) in [5.74, 6) is 1.55. The second-order valence-corrected chi connectivity index (χ2v) is 9.25. The Balaban J connectivity index is 1.70. The van der Waals surface area contributed by atoms with E-state index in [2.05, 4.69) is 10.6 Å². The van der Waals surface area contributed by atoms with E-state index >= 15 is 0 Å². The van der Waals surface area contributed by atoms with Crippen molar-refractivity contribution in [2.24, 2.45) is 5.41 Å². The second-order valence-electron chi connectivity index (χ2n) is 8.99. The highest BCUT2D eigenvalue weighted by Crippen LogP contribution is 2.25. The average Bonchev–Trinajstić information content (AvgIpc) is 2.85. The number of para-hydroxylation sites is 1. The Kier molecular flexibility index (Phi) is 9.15. The summed E-state index contributed by atoms with van der Waals surface area (Å²) in [7, 11) is 0. The third kappa shape index (κ3) is 7.76. The number of amides is 3. The van der Waals surface area contributed by atoms with Gasteiger partial charge in [0.05, 0.1) is 5.41 Å². The molecule has 0 aromatic heterocycles. The van der Waals surface area contributed by atoms with Crippen molar-refractivity contribution in [1.82, 2.24) is 5.32 Å². The van der Waals surface area contributed by atoms with E-state index in [4.69, 9.17) is 16.3 Å². The number of halogens is 1. The molecule has 0 saturated carbocycles. The van der Waals surface area contributed by atoms with Crippen molar-refractivity contribution in [2.75, 3.05) is 29.2 Å². The molecule has 3 rings (SSSR count). The van der Waals surface area contributed by atoms with Gasteiger partial charge in [0, 0.05) is 30.3 Å². The van der Waals surface area contributed by atoms with Gasteiger partial charge >= 0.3 is 6.03 Å². The van der Waals surface area contributed by atoms with Gasteiger partial charge in [0.1, 0.15) is 11.5 Å². The number of nitrogens with one attached hydrogen (secondary N) is 2. The number of benzene rings is 3. The van der Waals surface area contributed by atoms with Crippen molar-refractivity contribution >= 4 is 34.9 Å². The monoisotopic (exact) mass is 493 g/mol. The summed E-state index contributed by atoms with van der Waals surface area (Å²) in [6.07, 6.45) is 0.577. The van der Waals surface area contributed by atoms with Gasteiger partial charge in [-0.05, 0) is 81.3 Å². The van der Waals surface area contributed by atoms with Gasteiger partial charge in [0.25, 0.3) is 0 Å². The van der Waals surface area contributed by atoms with Gasteiger partial charge in [-0.3, -0.25) is 9.69 Å². The molecule has 0 unspecified atom stereocenters. The van der Waals surface area contributed by atoms with E-state index in [1.54, 1.807) is 18.7 Å². The summed E-state index contributed by atoms with van der Waals surface area (Å²) in [4.78, 5) is 27.2. The smallest absolute Gasteiger partial charge is 0.326 e. The Morgan fingerprint density at radius 2 is 1.63 bits per heavy atom. The summed E-state index contributed by atoms with van der Waals surface area (Å²) in [6, 6.07) is 24.3. The zero-order chi connectivity index (χ0) is 25.3. The minimum atomic E-state index is -0.641. The van der Waals surface area contributed by atoms with E-state index in [0.29, 0.717) is 25.3 Å². The van der Waals surface area contributed by atoms with Crippen LogP contribution in [0.2, 0.25) is 0 Å². The van der Waals surface area contributed by atoms with Gasteiger partial charge in [0.2, 0.25) is 5.91 Å². The van der Waals surface area contributed by atoms with Gasteiger partial charge in [-0.15, -0.1) is 11.6 Å². The van der Waals surface area contributed by atoms with Crippen LogP contribution in [0.15, 0.2) is 78.9 Å². The molecule has 6 nitrogen and oxygen atoms in total. The number of aryl methyl sites for hydroxylation is 1. The van der Waals surface area contributed by atoms with Gasteiger partial charge < -0.3 is 15.4 Å². The van der Waals surface area contributed by atoms with Crippen molar-refractivity contribution in [3.8, 4) is 11.5 Å². The number of hydrogen-bond acceptors (Lipinski definition) is 3. The Hall–Kier alpha value is -3.51. The van der Waals surface area contributed by atoms with Crippen molar-refractivity contribution in [3.63, 3.8) is 0 Å². The molecule has 3 aromatic rings. The molecule has 0 bridgehead atoms. The van der Waals surface area contributed by atoms with Crippen LogP contribution < -0.4 is 20.3 Å². The zero-order valence-electron chi connectivity index (χ0n) is 20.4. The minimum Gasteiger partial charge on any atom is -0.457 e. The van der Waals surface area contributed by atoms with Crippen LogP contribution in [0.1, 0.15) is 25.8 Å². The molecule has 0 aliphatic heterocycles. The maximum atomic E-state index is 13.2. The number of urea groups is 1. The number of carbonyl (C=O) groups is 2. The SMILES string of the molecule is Cc1cccc(NC(=O)N(CCCNC(=O)C(C)(C)CCl)c2ccc(Oc3ccccc3)cc2)c1. The predicted octanol–water partition coefficient (Wildman–Crippen LogP) is 6.60. The van der Waals surface area contributed by atoms with E-state index in [0.717, 1.165) is 22.7 Å². The molecule has 35 heavy (non-hydrogen) atoms. The summed E-state index contributed by atoms with van der Waals surface area (Å²) >= 11 is 5.89. The number of alkyl halides is 1. The van der Waals surface area contributed by atoms with E-state index in [1.165, 1.54) is 0 Å². The summed E-state index contributed by atoms with van der Waals surface area (Å²) in [6.45, 7) is 6.43. The number of nitrogens with zero attached hydrogens (tertiary/aromatic N) is 1. The molecule has 0 fully saturated rings. The van der Waals surface area contributed by atoms with E-state index in [-0.39, 0.29) is 17.8 Å². The van der Waals surface area contributed by atoms with Crippen LogP contribution in [0.25, 0.3) is 0 Å². The number of rotatable bonds is 10. The van der Waals surface area contributed by atoms with E-state index < -0.39 is 5.41 Å². The van der Waals surface area contributed by atoms with Gasteiger partial charge in [-0.25, -0.2) is 4.79 Å². The lowest BCUT2D eigenvalue weighted by atomic mass is 9.95. The maximum Gasteiger partial charge on any atom is 0.326 e.